The fourth-order valence-electron chi connectivity index (χ4n) is 3.48. The van der Waals surface area contributed by atoms with Crippen molar-refractivity contribution in [3.8, 4) is 0 Å². The quantitative estimate of drug-likeness (QED) is 0.418. The molecule has 0 unspecified atom stereocenters. The monoisotopic (exact) mass is 468 g/mol. The van der Waals surface area contributed by atoms with E-state index in [1.54, 1.807) is 24.3 Å². The summed E-state index contributed by atoms with van der Waals surface area (Å²) < 4.78 is 5.68. The Morgan fingerprint density at radius 2 is 2.09 bits per heavy atom. The van der Waals surface area contributed by atoms with Crippen LogP contribution in [0.1, 0.15) is 15.9 Å². The average Bonchev–Trinajstić information content (AvgIpc) is 3.01. The molecule has 4 rings (SSSR count). The molecule has 4 N–H and O–H groups in total. The lowest BCUT2D eigenvalue weighted by atomic mass is 10.1. The average molecular weight is 469 g/mol. The van der Waals surface area contributed by atoms with Gasteiger partial charge >= 0.3 is 0 Å². The van der Waals surface area contributed by atoms with E-state index in [1.807, 2.05) is 25.2 Å². The first-order chi connectivity index (χ1) is 16.0. The van der Waals surface area contributed by atoms with E-state index in [0.717, 1.165) is 23.5 Å². The highest BCUT2D eigenvalue weighted by molar-refractivity contribution is 6.33. The van der Waals surface area contributed by atoms with Gasteiger partial charge in [0.15, 0.2) is 5.82 Å². The zero-order chi connectivity index (χ0) is 23.2. The number of aliphatic hydroxyl groups is 1. The maximum atomic E-state index is 12.4. The van der Waals surface area contributed by atoms with Gasteiger partial charge in [-0.15, -0.1) is 0 Å². The number of nitrogens with zero attached hydrogens (tertiary/aromatic N) is 3. The van der Waals surface area contributed by atoms with E-state index in [-0.39, 0.29) is 19.1 Å². The Hall–Kier alpha value is -3.40. The van der Waals surface area contributed by atoms with E-state index in [4.69, 9.17) is 21.4 Å². The number of benzene rings is 2. The molecule has 33 heavy (non-hydrogen) atoms. The predicted octanol–water partition coefficient (Wildman–Crippen LogP) is 3.31. The molecule has 172 valence electrons. The van der Waals surface area contributed by atoms with Crippen LogP contribution in [0, 0.1) is 0 Å². The molecular formula is C23H25ClN6O3. The van der Waals surface area contributed by atoms with Crippen LogP contribution >= 0.6 is 11.6 Å². The van der Waals surface area contributed by atoms with Gasteiger partial charge in [0.05, 0.1) is 37.3 Å². The number of ether oxygens (including phenoxy) is 1. The van der Waals surface area contributed by atoms with Gasteiger partial charge in [0.2, 0.25) is 5.95 Å². The van der Waals surface area contributed by atoms with Gasteiger partial charge in [-0.3, -0.25) is 4.79 Å². The fraction of sp³-hybridized carbons (Fsp3) is 0.261. The highest BCUT2D eigenvalue weighted by atomic mass is 35.5. The molecule has 0 spiro atoms. The second-order valence-electron chi connectivity index (χ2n) is 7.48. The number of fused-ring (bicyclic) bond motifs is 1. The summed E-state index contributed by atoms with van der Waals surface area (Å²) >= 11 is 6.32. The molecule has 0 bridgehead atoms. The van der Waals surface area contributed by atoms with Crippen molar-refractivity contribution in [2.24, 2.45) is 0 Å². The Bertz CT molecular complexity index is 1140. The van der Waals surface area contributed by atoms with E-state index in [0.29, 0.717) is 41.3 Å². The minimum Gasteiger partial charge on any atom is -0.395 e. The number of carbonyl (C=O) groups excluding carboxylic acids is 1. The van der Waals surface area contributed by atoms with Crippen LogP contribution in [0.4, 0.5) is 28.8 Å². The molecule has 3 aromatic rings. The highest BCUT2D eigenvalue weighted by Gasteiger charge is 2.15. The van der Waals surface area contributed by atoms with Crippen molar-refractivity contribution in [2.45, 2.75) is 6.61 Å². The lowest BCUT2D eigenvalue weighted by Crippen LogP contribution is -2.27. The number of aromatic nitrogens is 2. The van der Waals surface area contributed by atoms with Crippen molar-refractivity contribution >= 4 is 46.3 Å². The third-order valence-electron chi connectivity index (χ3n) is 5.14. The minimum absolute atomic E-state index is 0.140. The van der Waals surface area contributed by atoms with E-state index in [1.165, 1.54) is 6.20 Å². The summed E-state index contributed by atoms with van der Waals surface area (Å²) in [5.41, 5.74) is 3.98. The van der Waals surface area contributed by atoms with Crippen LogP contribution < -0.4 is 20.9 Å². The molecular weight excluding hydrogens is 444 g/mol. The van der Waals surface area contributed by atoms with Crippen LogP contribution in [-0.4, -0.2) is 54.3 Å². The minimum atomic E-state index is -0.312. The molecule has 9 nitrogen and oxygen atoms in total. The maximum Gasteiger partial charge on any atom is 0.253 e. The normalized spacial score (nSPS) is 13.1. The lowest BCUT2D eigenvalue weighted by Gasteiger charge is -2.19. The molecule has 10 heteroatoms. The number of likely N-dealkylation sites (N-methyl/N-ethyl adjacent to an activating group) is 1. The number of rotatable bonds is 7. The van der Waals surface area contributed by atoms with Gasteiger partial charge in [0.1, 0.15) is 5.02 Å². The number of para-hydroxylation sites is 1. The molecule has 2 aromatic carbocycles. The number of carbonyl (C=O) groups is 1. The maximum absolute atomic E-state index is 12.4. The summed E-state index contributed by atoms with van der Waals surface area (Å²) in [6.45, 7) is 2.09. The number of anilines is 5. The van der Waals surface area contributed by atoms with Crippen LogP contribution in [-0.2, 0) is 11.3 Å². The molecule has 0 fully saturated rings. The summed E-state index contributed by atoms with van der Waals surface area (Å²) in [6.07, 6.45) is 1.49. The summed E-state index contributed by atoms with van der Waals surface area (Å²) in [4.78, 5) is 23.4. The molecule has 2 heterocycles. The summed E-state index contributed by atoms with van der Waals surface area (Å²) in [5, 5.41) is 18.2. The molecule has 1 aromatic heterocycles. The van der Waals surface area contributed by atoms with Gasteiger partial charge in [-0.2, -0.15) is 4.98 Å². The van der Waals surface area contributed by atoms with Gasteiger partial charge < -0.3 is 30.7 Å². The van der Waals surface area contributed by atoms with E-state index >= 15 is 0 Å². The summed E-state index contributed by atoms with van der Waals surface area (Å²) in [7, 11) is 2.04. The first kappa shape index (κ1) is 22.8. The van der Waals surface area contributed by atoms with Crippen molar-refractivity contribution in [3.63, 3.8) is 0 Å². The molecule has 1 aliphatic heterocycles. The number of amides is 1. The molecule has 0 saturated carbocycles. The van der Waals surface area contributed by atoms with Crippen molar-refractivity contribution < 1.29 is 14.6 Å². The topological polar surface area (TPSA) is 112 Å². The van der Waals surface area contributed by atoms with E-state index in [9.17, 15) is 4.79 Å². The van der Waals surface area contributed by atoms with Crippen molar-refractivity contribution in [2.75, 3.05) is 48.9 Å². The van der Waals surface area contributed by atoms with Crippen molar-refractivity contribution in [1.82, 2.24) is 15.3 Å². The Morgan fingerprint density at radius 3 is 2.94 bits per heavy atom. The van der Waals surface area contributed by atoms with Crippen LogP contribution in [0.15, 0.2) is 48.7 Å². The fourth-order valence-corrected chi connectivity index (χ4v) is 3.62. The summed E-state index contributed by atoms with van der Waals surface area (Å²) in [5.74, 6) is 0.397. The SMILES string of the molecule is CN1CCOCc2cc(Nc3ncc(Cl)c(Nc4ccccc4C(=O)NCCO)n3)ccc21. The number of nitrogens with one attached hydrogen (secondary N) is 3. The Morgan fingerprint density at radius 1 is 1.24 bits per heavy atom. The van der Waals surface area contributed by atoms with Crippen molar-refractivity contribution in [1.29, 1.82) is 0 Å². The first-order valence-electron chi connectivity index (χ1n) is 10.5. The summed E-state index contributed by atoms with van der Waals surface area (Å²) in [6, 6.07) is 13.0. The van der Waals surface area contributed by atoms with E-state index in [2.05, 4.69) is 30.8 Å². The smallest absolute Gasteiger partial charge is 0.253 e. The van der Waals surface area contributed by atoms with Crippen molar-refractivity contribution in [3.05, 3.63) is 64.8 Å². The van der Waals surface area contributed by atoms with Crippen LogP contribution in [0.3, 0.4) is 0 Å². The number of hydrogen-bond donors (Lipinski definition) is 4. The Labute approximate surface area is 196 Å². The van der Waals surface area contributed by atoms with Crippen LogP contribution in [0.2, 0.25) is 5.02 Å². The zero-order valence-electron chi connectivity index (χ0n) is 18.1. The number of halogens is 1. The molecule has 0 radical (unpaired) electrons. The molecule has 1 amide bonds. The number of aliphatic hydroxyl groups excluding tert-OH is 1. The Kier molecular flexibility index (Phi) is 7.23. The number of hydrogen-bond acceptors (Lipinski definition) is 8. The predicted molar refractivity (Wildman–Crippen MR) is 129 cm³/mol. The van der Waals surface area contributed by atoms with Crippen LogP contribution in [0.25, 0.3) is 0 Å². The first-order valence-corrected chi connectivity index (χ1v) is 10.9. The third-order valence-corrected chi connectivity index (χ3v) is 5.42. The second-order valence-corrected chi connectivity index (χ2v) is 7.89. The van der Waals surface area contributed by atoms with E-state index < -0.39 is 0 Å². The molecule has 1 aliphatic rings. The zero-order valence-corrected chi connectivity index (χ0v) is 18.9. The Balaban J connectivity index is 1.55. The largest absolute Gasteiger partial charge is 0.395 e. The van der Waals surface area contributed by atoms with Gasteiger partial charge in [-0.1, -0.05) is 23.7 Å². The highest BCUT2D eigenvalue weighted by Crippen LogP contribution is 2.29. The molecule has 0 aliphatic carbocycles. The van der Waals surface area contributed by atoms with Gasteiger partial charge in [-0.25, -0.2) is 4.98 Å². The lowest BCUT2D eigenvalue weighted by molar-refractivity contribution is 0.0945. The van der Waals surface area contributed by atoms with Gasteiger partial charge in [-0.05, 0) is 30.3 Å². The van der Waals surface area contributed by atoms with Crippen LogP contribution in [0.5, 0.6) is 0 Å². The van der Waals surface area contributed by atoms with Gasteiger partial charge in [0, 0.05) is 37.1 Å². The molecule has 0 atom stereocenters. The van der Waals surface area contributed by atoms with Gasteiger partial charge in [0.25, 0.3) is 5.91 Å². The second kappa shape index (κ2) is 10.5. The third kappa shape index (κ3) is 5.51. The molecule has 0 saturated heterocycles. The standard InChI is InChI=1S/C23H25ClN6O3/c1-30-9-11-33-14-15-12-16(6-7-20(15)30)27-23-26-13-18(24)21(29-23)28-19-5-3-2-4-17(19)22(32)25-8-10-31/h2-7,12-13,31H,8-11,14H2,1H3,(H,25,32)(H2,26,27,28,29).